The van der Waals surface area contributed by atoms with Gasteiger partial charge in [-0.05, 0) is 43.2 Å². The fraction of sp³-hybridized carbons (Fsp3) is 0.350. The first-order chi connectivity index (χ1) is 12.8. The molecule has 2 aromatic carbocycles. The molecule has 0 aliphatic heterocycles. The topological polar surface area (TPSA) is 78.5 Å². The van der Waals surface area contributed by atoms with Gasteiger partial charge in [-0.1, -0.05) is 38.1 Å². The number of nitrogens with zero attached hydrogens (tertiary/aromatic N) is 1. The zero-order chi connectivity index (χ0) is 20.0. The summed E-state index contributed by atoms with van der Waals surface area (Å²) in [4.78, 5) is 12.5. The lowest BCUT2D eigenvalue weighted by atomic mass is 10.2. The summed E-state index contributed by atoms with van der Waals surface area (Å²) >= 11 is 0. The largest absolute Gasteiger partial charge is 0.376 e. The summed E-state index contributed by atoms with van der Waals surface area (Å²) in [6.45, 7) is 8.21. The van der Waals surface area contributed by atoms with Gasteiger partial charge in [-0.25, -0.2) is 8.42 Å². The van der Waals surface area contributed by atoms with Crippen molar-refractivity contribution < 1.29 is 13.2 Å². The van der Waals surface area contributed by atoms with Gasteiger partial charge in [-0.3, -0.25) is 4.79 Å². The maximum atomic E-state index is 12.8. The van der Waals surface area contributed by atoms with E-state index in [4.69, 9.17) is 0 Å². The van der Waals surface area contributed by atoms with Gasteiger partial charge in [0.05, 0.1) is 11.4 Å². The van der Waals surface area contributed by atoms with Crippen LogP contribution in [0.1, 0.15) is 25.0 Å². The number of nitrogens with one attached hydrogen (secondary N) is 2. The highest BCUT2D eigenvalue weighted by Crippen LogP contribution is 2.23. The fourth-order valence-electron chi connectivity index (χ4n) is 2.81. The van der Waals surface area contributed by atoms with Crippen LogP contribution >= 0.6 is 0 Å². The molecule has 0 unspecified atom stereocenters. The number of hydrogen-bond donors (Lipinski definition) is 2. The summed E-state index contributed by atoms with van der Waals surface area (Å²) in [6.07, 6.45) is 0. The van der Waals surface area contributed by atoms with Gasteiger partial charge in [0.25, 0.3) is 0 Å². The Morgan fingerprint density at radius 3 is 2.30 bits per heavy atom. The van der Waals surface area contributed by atoms with E-state index in [1.54, 1.807) is 32.9 Å². The molecule has 0 atom stereocenters. The molecule has 2 rings (SSSR count). The average Bonchev–Trinajstić information content (AvgIpc) is 2.63. The van der Waals surface area contributed by atoms with Crippen LogP contribution in [-0.4, -0.2) is 38.3 Å². The van der Waals surface area contributed by atoms with Crippen LogP contribution in [0.25, 0.3) is 0 Å². The smallest absolute Gasteiger partial charge is 0.243 e. The highest BCUT2D eigenvalue weighted by atomic mass is 32.2. The number of aryl methyl sites for hydroxylation is 2. The Bertz CT molecular complexity index is 906. The van der Waals surface area contributed by atoms with Crippen LogP contribution < -0.4 is 10.6 Å². The third-order valence-electron chi connectivity index (χ3n) is 4.38. The number of sulfonamides is 1. The highest BCUT2D eigenvalue weighted by molar-refractivity contribution is 7.89. The molecule has 0 aliphatic carbocycles. The van der Waals surface area contributed by atoms with Crippen LogP contribution in [0.3, 0.4) is 0 Å². The molecule has 27 heavy (non-hydrogen) atoms. The van der Waals surface area contributed by atoms with Gasteiger partial charge >= 0.3 is 0 Å². The number of amides is 1. The zero-order valence-electron chi connectivity index (χ0n) is 16.2. The monoisotopic (exact) mass is 389 g/mol. The molecule has 0 aromatic heterocycles. The molecule has 0 fully saturated rings. The van der Waals surface area contributed by atoms with Gasteiger partial charge in [0.1, 0.15) is 0 Å². The standard InChI is InChI=1S/C20H27N3O3S/c1-5-23(6-2)27(25,26)19-13-17(12-11-16(19)4)22-20(24)14-21-18-10-8-7-9-15(18)3/h7-13,21H,5-6,14H2,1-4H3,(H,22,24). The molecule has 0 spiro atoms. The Balaban J connectivity index is 2.13. The molecular formula is C20H27N3O3S. The summed E-state index contributed by atoms with van der Waals surface area (Å²) in [7, 11) is -3.58. The molecule has 0 saturated carbocycles. The fourth-order valence-corrected chi connectivity index (χ4v) is 4.52. The van der Waals surface area contributed by atoms with Crippen molar-refractivity contribution in [3.63, 3.8) is 0 Å². The van der Waals surface area contributed by atoms with E-state index >= 15 is 0 Å². The number of hydrogen-bond acceptors (Lipinski definition) is 4. The highest BCUT2D eigenvalue weighted by Gasteiger charge is 2.24. The van der Waals surface area contributed by atoms with E-state index in [1.807, 2.05) is 31.2 Å². The van der Waals surface area contributed by atoms with Crippen molar-refractivity contribution in [3.05, 3.63) is 53.6 Å². The van der Waals surface area contributed by atoms with Crippen LogP contribution in [0.2, 0.25) is 0 Å². The van der Waals surface area contributed by atoms with Gasteiger partial charge in [0.15, 0.2) is 0 Å². The average molecular weight is 390 g/mol. The Kier molecular flexibility index (Phi) is 6.98. The second kappa shape index (κ2) is 9.01. The first kappa shape index (κ1) is 20.9. The number of rotatable bonds is 8. The van der Waals surface area contributed by atoms with E-state index in [9.17, 15) is 13.2 Å². The van der Waals surface area contributed by atoms with Crippen molar-refractivity contribution in [2.75, 3.05) is 30.3 Å². The van der Waals surface area contributed by atoms with Crippen LogP contribution in [0, 0.1) is 13.8 Å². The maximum absolute atomic E-state index is 12.8. The number of benzene rings is 2. The lowest BCUT2D eigenvalue weighted by molar-refractivity contribution is -0.114. The van der Waals surface area contributed by atoms with Gasteiger partial charge in [-0.2, -0.15) is 4.31 Å². The van der Waals surface area contributed by atoms with E-state index in [0.29, 0.717) is 24.3 Å². The lowest BCUT2D eigenvalue weighted by Crippen LogP contribution is -2.31. The molecule has 0 saturated heterocycles. The number of para-hydroxylation sites is 1. The zero-order valence-corrected chi connectivity index (χ0v) is 17.1. The first-order valence-corrected chi connectivity index (χ1v) is 10.4. The Morgan fingerprint density at radius 2 is 1.67 bits per heavy atom. The Labute approximate surface area is 161 Å². The quantitative estimate of drug-likeness (QED) is 0.725. The second-order valence-electron chi connectivity index (χ2n) is 6.29. The lowest BCUT2D eigenvalue weighted by Gasteiger charge is -2.20. The molecule has 0 aliphatic rings. The number of carbonyl (C=O) groups is 1. The van der Waals surface area contributed by atoms with Crippen molar-refractivity contribution in [1.29, 1.82) is 0 Å². The molecule has 146 valence electrons. The molecular weight excluding hydrogens is 362 g/mol. The molecule has 2 aromatic rings. The predicted octanol–water partition coefficient (Wildman–Crippen LogP) is 3.38. The Hall–Kier alpha value is -2.38. The molecule has 1 amide bonds. The van der Waals surface area contributed by atoms with E-state index in [2.05, 4.69) is 10.6 Å². The van der Waals surface area contributed by atoms with Crippen molar-refractivity contribution in [3.8, 4) is 0 Å². The second-order valence-corrected chi connectivity index (χ2v) is 8.19. The van der Waals surface area contributed by atoms with Gasteiger partial charge in [0, 0.05) is 24.5 Å². The predicted molar refractivity (Wildman–Crippen MR) is 110 cm³/mol. The van der Waals surface area contributed by atoms with Crippen LogP contribution in [-0.2, 0) is 14.8 Å². The summed E-state index contributed by atoms with van der Waals surface area (Å²) in [5.41, 5.74) is 3.05. The molecule has 0 heterocycles. The van der Waals surface area contributed by atoms with E-state index in [0.717, 1.165) is 11.3 Å². The molecule has 7 heteroatoms. The van der Waals surface area contributed by atoms with Gasteiger partial charge in [0.2, 0.25) is 15.9 Å². The minimum Gasteiger partial charge on any atom is -0.376 e. The number of carbonyl (C=O) groups excluding carboxylic acids is 1. The maximum Gasteiger partial charge on any atom is 0.243 e. The third kappa shape index (κ3) is 5.08. The van der Waals surface area contributed by atoms with E-state index in [-0.39, 0.29) is 17.3 Å². The summed E-state index contributed by atoms with van der Waals surface area (Å²) < 4.78 is 27.0. The molecule has 0 bridgehead atoms. The van der Waals surface area contributed by atoms with Gasteiger partial charge < -0.3 is 10.6 Å². The van der Waals surface area contributed by atoms with Crippen molar-refractivity contribution in [2.45, 2.75) is 32.6 Å². The third-order valence-corrected chi connectivity index (χ3v) is 6.57. The van der Waals surface area contributed by atoms with E-state index < -0.39 is 10.0 Å². The minimum atomic E-state index is -3.58. The summed E-state index contributed by atoms with van der Waals surface area (Å²) in [5.74, 6) is -0.242. The summed E-state index contributed by atoms with van der Waals surface area (Å²) in [6, 6.07) is 12.6. The van der Waals surface area contributed by atoms with Crippen molar-refractivity contribution >= 4 is 27.3 Å². The first-order valence-electron chi connectivity index (χ1n) is 8.99. The van der Waals surface area contributed by atoms with E-state index in [1.165, 1.54) is 10.4 Å². The molecule has 2 N–H and O–H groups in total. The van der Waals surface area contributed by atoms with Crippen LogP contribution in [0.15, 0.2) is 47.4 Å². The minimum absolute atomic E-state index is 0.0941. The van der Waals surface area contributed by atoms with Crippen LogP contribution in [0.5, 0.6) is 0 Å². The number of anilines is 2. The van der Waals surface area contributed by atoms with Gasteiger partial charge in [-0.15, -0.1) is 0 Å². The molecule has 0 radical (unpaired) electrons. The normalized spacial score (nSPS) is 11.4. The van der Waals surface area contributed by atoms with Crippen molar-refractivity contribution in [2.24, 2.45) is 0 Å². The summed E-state index contributed by atoms with van der Waals surface area (Å²) in [5, 5.41) is 5.85. The van der Waals surface area contributed by atoms with Crippen molar-refractivity contribution in [1.82, 2.24) is 4.31 Å². The van der Waals surface area contributed by atoms with Crippen LogP contribution in [0.4, 0.5) is 11.4 Å². The molecule has 6 nitrogen and oxygen atoms in total. The SMILES string of the molecule is CCN(CC)S(=O)(=O)c1cc(NC(=O)CNc2ccccc2C)ccc1C. The Morgan fingerprint density at radius 1 is 1.00 bits per heavy atom.